The average molecular weight is 348 g/mol. The van der Waals surface area contributed by atoms with E-state index in [1.165, 1.54) is 11.3 Å². The van der Waals surface area contributed by atoms with E-state index < -0.39 is 0 Å². The molecule has 0 aliphatic rings. The third-order valence-corrected chi connectivity index (χ3v) is 4.95. The number of aromatic nitrogens is 3. The predicted octanol–water partition coefficient (Wildman–Crippen LogP) is 2.43. The van der Waals surface area contributed by atoms with Crippen LogP contribution in [0.4, 0.5) is 5.69 Å². The molecule has 5 nitrogen and oxygen atoms in total. The van der Waals surface area contributed by atoms with Crippen LogP contribution in [-0.2, 0) is 0 Å². The molecule has 4 aromatic rings. The molecule has 2 aromatic carbocycles. The lowest BCUT2D eigenvalue weighted by molar-refractivity contribution is 1.09. The van der Waals surface area contributed by atoms with Crippen LogP contribution in [0.25, 0.3) is 22.4 Å². The van der Waals surface area contributed by atoms with Gasteiger partial charge in [0.2, 0.25) is 4.96 Å². The molecule has 0 radical (unpaired) electrons. The van der Waals surface area contributed by atoms with Gasteiger partial charge in [-0.2, -0.15) is 0 Å². The molecule has 0 atom stereocenters. The molecule has 2 aromatic heterocycles. The molecule has 0 saturated carbocycles. The van der Waals surface area contributed by atoms with Gasteiger partial charge in [0.1, 0.15) is 0 Å². The van der Waals surface area contributed by atoms with Gasteiger partial charge in [-0.1, -0.05) is 53.8 Å². The van der Waals surface area contributed by atoms with Crippen molar-refractivity contribution >= 4 is 28.1 Å². The number of hydrogen-bond acceptors (Lipinski definition) is 5. The van der Waals surface area contributed by atoms with Crippen LogP contribution >= 0.6 is 11.3 Å². The predicted molar refractivity (Wildman–Crippen MR) is 102 cm³/mol. The Balaban J connectivity index is 1.83. The highest BCUT2D eigenvalue weighted by atomic mass is 32.1. The first-order valence-corrected chi connectivity index (χ1v) is 8.67. The summed E-state index contributed by atoms with van der Waals surface area (Å²) in [5.41, 5.74) is 2.91. The SMILES string of the molecule is CN(C)c1ccc(/C=c2\sc3nnc(-c4ccccc4)n3c2=O)cc1. The lowest BCUT2D eigenvalue weighted by Gasteiger charge is -2.11. The number of thiazole rings is 1. The molecule has 0 bridgehead atoms. The number of nitrogens with zero attached hydrogens (tertiary/aromatic N) is 4. The van der Waals surface area contributed by atoms with E-state index in [9.17, 15) is 4.79 Å². The summed E-state index contributed by atoms with van der Waals surface area (Å²) in [6.45, 7) is 0. The standard InChI is InChI=1S/C19H16N4OS/c1-22(2)15-10-8-13(9-11-15)12-16-18(24)23-17(20-21-19(23)25-16)14-6-4-3-5-7-14/h3-12H,1-2H3/b16-12-. The highest BCUT2D eigenvalue weighted by molar-refractivity contribution is 7.15. The van der Waals surface area contributed by atoms with Gasteiger partial charge in [0.25, 0.3) is 5.56 Å². The van der Waals surface area contributed by atoms with Crippen molar-refractivity contribution < 1.29 is 0 Å². The molecule has 0 fully saturated rings. The largest absolute Gasteiger partial charge is 0.378 e. The molecule has 6 heteroatoms. The molecular weight excluding hydrogens is 332 g/mol. The van der Waals surface area contributed by atoms with Crippen molar-refractivity contribution in [2.45, 2.75) is 0 Å². The van der Waals surface area contributed by atoms with E-state index in [1.54, 1.807) is 4.40 Å². The molecule has 0 aliphatic carbocycles. The van der Waals surface area contributed by atoms with Crippen LogP contribution in [0.3, 0.4) is 0 Å². The first kappa shape index (κ1) is 15.5. The maximum Gasteiger partial charge on any atom is 0.276 e. The van der Waals surface area contributed by atoms with E-state index in [0.717, 1.165) is 16.8 Å². The minimum atomic E-state index is -0.0828. The van der Waals surface area contributed by atoms with Crippen LogP contribution in [0.1, 0.15) is 5.56 Å². The molecule has 2 heterocycles. The summed E-state index contributed by atoms with van der Waals surface area (Å²) in [6.07, 6.45) is 1.90. The number of fused-ring (bicyclic) bond motifs is 1. The van der Waals surface area contributed by atoms with Gasteiger partial charge in [-0.05, 0) is 23.8 Å². The van der Waals surface area contributed by atoms with Gasteiger partial charge in [0, 0.05) is 25.3 Å². The molecule has 0 unspecified atom stereocenters. The van der Waals surface area contributed by atoms with Crippen molar-refractivity contribution in [2.75, 3.05) is 19.0 Å². The number of anilines is 1. The quantitative estimate of drug-likeness (QED) is 0.571. The fourth-order valence-corrected chi connectivity index (χ4v) is 3.57. The van der Waals surface area contributed by atoms with Gasteiger partial charge in [0.05, 0.1) is 4.53 Å². The minimum Gasteiger partial charge on any atom is -0.378 e. The highest BCUT2D eigenvalue weighted by Crippen LogP contribution is 2.17. The Bertz CT molecular complexity index is 1130. The molecular formula is C19H16N4OS. The topological polar surface area (TPSA) is 50.5 Å². The van der Waals surface area contributed by atoms with E-state index in [2.05, 4.69) is 10.2 Å². The second kappa shape index (κ2) is 6.14. The number of benzene rings is 2. The van der Waals surface area contributed by atoms with E-state index in [4.69, 9.17) is 0 Å². The summed E-state index contributed by atoms with van der Waals surface area (Å²) >= 11 is 1.36. The first-order chi connectivity index (χ1) is 12.1. The first-order valence-electron chi connectivity index (χ1n) is 7.86. The summed E-state index contributed by atoms with van der Waals surface area (Å²) in [4.78, 5) is 15.5. The lowest BCUT2D eigenvalue weighted by Crippen LogP contribution is -2.23. The van der Waals surface area contributed by atoms with Gasteiger partial charge in [-0.15, -0.1) is 10.2 Å². The highest BCUT2D eigenvalue weighted by Gasteiger charge is 2.13. The van der Waals surface area contributed by atoms with Crippen LogP contribution in [0, 0.1) is 0 Å². The zero-order valence-electron chi connectivity index (χ0n) is 13.9. The van der Waals surface area contributed by atoms with Crippen LogP contribution in [0.5, 0.6) is 0 Å². The van der Waals surface area contributed by atoms with Crippen molar-refractivity contribution in [2.24, 2.45) is 0 Å². The normalized spacial score (nSPS) is 12.0. The van der Waals surface area contributed by atoms with Crippen molar-refractivity contribution in [3.8, 4) is 11.4 Å². The van der Waals surface area contributed by atoms with Gasteiger partial charge in [0.15, 0.2) is 5.82 Å². The van der Waals surface area contributed by atoms with E-state index in [1.807, 2.05) is 79.7 Å². The third-order valence-electron chi connectivity index (χ3n) is 3.99. The molecule has 25 heavy (non-hydrogen) atoms. The maximum atomic E-state index is 12.8. The van der Waals surface area contributed by atoms with Gasteiger partial charge >= 0.3 is 0 Å². The summed E-state index contributed by atoms with van der Waals surface area (Å²) in [5.74, 6) is 0.583. The summed E-state index contributed by atoms with van der Waals surface area (Å²) in [7, 11) is 4.00. The van der Waals surface area contributed by atoms with Crippen molar-refractivity contribution in [3.05, 3.63) is 75.0 Å². The average Bonchev–Trinajstić information content (AvgIpc) is 3.17. The zero-order chi connectivity index (χ0) is 17.4. The summed E-state index contributed by atoms with van der Waals surface area (Å²) < 4.78 is 2.24. The Morgan fingerprint density at radius 2 is 1.72 bits per heavy atom. The van der Waals surface area contributed by atoms with Crippen molar-refractivity contribution in [3.63, 3.8) is 0 Å². The Kier molecular flexibility index (Phi) is 3.82. The molecule has 124 valence electrons. The van der Waals surface area contributed by atoms with Gasteiger partial charge < -0.3 is 4.90 Å². The fraction of sp³-hybridized carbons (Fsp3) is 0.105. The monoisotopic (exact) mass is 348 g/mol. The summed E-state index contributed by atoms with van der Waals surface area (Å²) in [5, 5.41) is 8.33. The van der Waals surface area contributed by atoms with Crippen molar-refractivity contribution in [1.29, 1.82) is 0 Å². The van der Waals surface area contributed by atoms with Crippen molar-refractivity contribution in [1.82, 2.24) is 14.6 Å². The third kappa shape index (κ3) is 2.81. The van der Waals surface area contributed by atoms with Crippen LogP contribution in [0.2, 0.25) is 0 Å². The van der Waals surface area contributed by atoms with Gasteiger partial charge in [-0.3, -0.25) is 4.79 Å². The van der Waals surface area contributed by atoms with E-state index in [-0.39, 0.29) is 5.56 Å². The Morgan fingerprint density at radius 3 is 2.40 bits per heavy atom. The van der Waals surface area contributed by atoms with Crippen LogP contribution in [-0.4, -0.2) is 28.7 Å². The molecule has 0 saturated heterocycles. The second-order valence-corrected chi connectivity index (χ2v) is 6.92. The lowest BCUT2D eigenvalue weighted by atomic mass is 10.2. The Hall–Kier alpha value is -2.99. The molecule has 0 aliphatic heterocycles. The Morgan fingerprint density at radius 1 is 1.00 bits per heavy atom. The summed E-state index contributed by atoms with van der Waals surface area (Å²) in [6, 6.07) is 17.7. The Labute approximate surface area is 148 Å². The second-order valence-electron chi connectivity index (χ2n) is 5.91. The zero-order valence-corrected chi connectivity index (χ0v) is 14.7. The number of hydrogen-bond donors (Lipinski definition) is 0. The van der Waals surface area contributed by atoms with Crippen LogP contribution < -0.4 is 15.0 Å². The van der Waals surface area contributed by atoms with Gasteiger partial charge in [-0.25, -0.2) is 4.40 Å². The molecule has 4 rings (SSSR count). The molecule has 0 spiro atoms. The number of rotatable bonds is 3. The molecule has 0 N–H and O–H groups in total. The molecule has 0 amide bonds. The smallest absolute Gasteiger partial charge is 0.276 e. The fourth-order valence-electron chi connectivity index (χ4n) is 2.66. The van der Waals surface area contributed by atoms with E-state index in [0.29, 0.717) is 15.3 Å². The van der Waals surface area contributed by atoms with Crippen LogP contribution in [0.15, 0.2) is 59.4 Å². The van der Waals surface area contributed by atoms with E-state index >= 15 is 0 Å². The maximum absolute atomic E-state index is 12.8. The minimum absolute atomic E-state index is 0.0828.